The lowest BCUT2D eigenvalue weighted by molar-refractivity contribution is -0.110. The highest BCUT2D eigenvalue weighted by Crippen LogP contribution is 2.03. The van der Waals surface area contributed by atoms with E-state index >= 15 is 0 Å². The van der Waals surface area contributed by atoms with E-state index in [0.29, 0.717) is 12.2 Å². The van der Waals surface area contributed by atoms with E-state index in [4.69, 9.17) is 0 Å². The number of carbonyl (C=O) groups is 1. The van der Waals surface area contributed by atoms with Crippen molar-refractivity contribution in [3.8, 4) is 0 Å². The summed E-state index contributed by atoms with van der Waals surface area (Å²) in [5.74, 6) is 1.55. The Hall–Kier alpha value is 0.370. The lowest BCUT2D eigenvalue weighted by atomic mass is 10.5. The predicted molar refractivity (Wildman–Crippen MR) is 41.6 cm³/mol. The molecule has 0 saturated carbocycles. The van der Waals surface area contributed by atoms with Crippen molar-refractivity contribution in [2.75, 3.05) is 11.5 Å². The largest absolute Gasteiger partial charge is 0.287 e. The van der Waals surface area contributed by atoms with Crippen LogP contribution in [0.4, 0.5) is 0 Å². The molecule has 0 rings (SSSR count). The van der Waals surface area contributed by atoms with E-state index in [1.807, 2.05) is 6.92 Å². The second-order valence-corrected chi connectivity index (χ2v) is 3.05. The molecule has 0 aromatic rings. The minimum absolute atomic E-state index is 0.252. The van der Waals surface area contributed by atoms with Gasteiger partial charge in [-0.2, -0.15) is 12.6 Å². The first-order chi connectivity index (χ1) is 3.81. The monoisotopic (exact) mass is 150 g/mol. The van der Waals surface area contributed by atoms with E-state index in [-0.39, 0.29) is 5.12 Å². The third kappa shape index (κ3) is 4.53. The molecule has 1 nitrogen and oxygen atoms in total. The third-order valence-corrected chi connectivity index (χ3v) is 1.66. The van der Waals surface area contributed by atoms with Gasteiger partial charge < -0.3 is 0 Å². The van der Waals surface area contributed by atoms with Crippen molar-refractivity contribution in [2.45, 2.75) is 13.3 Å². The number of hydrogen-bond acceptors (Lipinski definition) is 3. The summed E-state index contributed by atoms with van der Waals surface area (Å²) in [6, 6.07) is 0. The van der Waals surface area contributed by atoms with Gasteiger partial charge >= 0.3 is 0 Å². The van der Waals surface area contributed by atoms with Crippen molar-refractivity contribution in [1.29, 1.82) is 0 Å². The van der Waals surface area contributed by atoms with Crippen LogP contribution in [0, 0.1) is 0 Å². The standard InChI is InChI=1S/C5H10OS2/c1-2-8-5(6)3-4-7/h7H,2-4H2,1H3. The Bertz CT molecular complexity index is 64.8. The van der Waals surface area contributed by atoms with Gasteiger partial charge in [-0.3, -0.25) is 4.79 Å². The van der Waals surface area contributed by atoms with Gasteiger partial charge in [-0.1, -0.05) is 18.7 Å². The smallest absolute Gasteiger partial charge is 0.189 e. The van der Waals surface area contributed by atoms with E-state index in [9.17, 15) is 4.79 Å². The van der Waals surface area contributed by atoms with Gasteiger partial charge in [-0.25, -0.2) is 0 Å². The zero-order valence-electron chi connectivity index (χ0n) is 4.89. The van der Waals surface area contributed by atoms with Crippen LogP contribution >= 0.6 is 24.4 Å². The first-order valence-corrected chi connectivity index (χ1v) is 4.19. The lowest BCUT2D eigenvalue weighted by Gasteiger charge is -1.90. The van der Waals surface area contributed by atoms with Gasteiger partial charge in [0.1, 0.15) is 0 Å². The number of hydrogen-bond donors (Lipinski definition) is 1. The van der Waals surface area contributed by atoms with Crippen LogP contribution in [0.15, 0.2) is 0 Å². The van der Waals surface area contributed by atoms with E-state index in [1.54, 1.807) is 0 Å². The van der Waals surface area contributed by atoms with E-state index in [0.717, 1.165) is 5.75 Å². The Morgan fingerprint density at radius 3 is 2.75 bits per heavy atom. The second-order valence-electron chi connectivity index (χ2n) is 1.28. The molecular formula is C5H10OS2. The maximum absolute atomic E-state index is 10.6. The lowest BCUT2D eigenvalue weighted by Crippen LogP contribution is -1.91. The van der Waals surface area contributed by atoms with Crippen LogP contribution < -0.4 is 0 Å². The number of thioether (sulfide) groups is 1. The molecular weight excluding hydrogens is 140 g/mol. The summed E-state index contributed by atoms with van der Waals surface area (Å²) in [5, 5.41) is 0.252. The maximum atomic E-state index is 10.6. The summed E-state index contributed by atoms with van der Waals surface area (Å²) in [6.45, 7) is 1.97. The number of rotatable bonds is 3. The Labute approximate surface area is 59.6 Å². The van der Waals surface area contributed by atoms with Crippen molar-refractivity contribution in [2.24, 2.45) is 0 Å². The van der Waals surface area contributed by atoms with Crippen molar-refractivity contribution in [3.05, 3.63) is 0 Å². The topological polar surface area (TPSA) is 17.1 Å². The van der Waals surface area contributed by atoms with Crippen molar-refractivity contribution in [3.63, 3.8) is 0 Å². The number of carbonyl (C=O) groups excluding carboxylic acids is 1. The van der Waals surface area contributed by atoms with Gasteiger partial charge in [-0.05, 0) is 11.5 Å². The zero-order chi connectivity index (χ0) is 6.41. The van der Waals surface area contributed by atoms with Crippen LogP contribution in [-0.2, 0) is 4.79 Å². The maximum Gasteiger partial charge on any atom is 0.189 e. The molecule has 0 aliphatic rings. The Kier molecular flexibility index (Phi) is 5.76. The Morgan fingerprint density at radius 2 is 2.38 bits per heavy atom. The molecule has 0 unspecified atom stereocenters. The van der Waals surface area contributed by atoms with Gasteiger partial charge in [0.15, 0.2) is 5.12 Å². The van der Waals surface area contributed by atoms with Crippen LogP contribution in [0.3, 0.4) is 0 Å². The van der Waals surface area contributed by atoms with Gasteiger partial charge in [0.25, 0.3) is 0 Å². The molecule has 0 fully saturated rings. The molecule has 0 spiro atoms. The molecule has 3 heteroatoms. The highest BCUT2D eigenvalue weighted by Gasteiger charge is 1.95. The Balaban J connectivity index is 3.06. The zero-order valence-corrected chi connectivity index (χ0v) is 6.60. The average molecular weight is 150 g/mol. The summed E-state index contributed by atoms with van der Waals surface area (Å²) in [7, 11) is 0. The fourth-order valence-corrected chi connectivity index (χ4v) is 1.25. The van der Waals surface area contributed by atoms with Crippen LogP contribution in [0.5, 0.6) is 0 Å². The molecule has 0 radical (unpaired) electrons. The van der Waals surface area contributed by atoms with Crippen LogP contribution in [-0.4, -0.2) is 16.6 Å². The minimum Gasteiger partial charge on any atom is -0.287 e. The summed E-state index contributed by atoms with van der Waals surface area (Å²) in [4.78, 5) is 10.6. The molecule has 0 aliphatic carbocycles. The fraction of sp³-hybridized carbons (Fsp3) is 0.800. The fourth-order valence-electron chi connectivity index (χ4n) is 0.324. The average Bonchev–Trinajstić information content (AvgIpc) is 1.68. The molecule has 8 heavy (non-hydrogen) atoms. The Morgan fingerprint density at radius 1 is 1.75 bits per heavy atom. The van der Waals surface area contributed by atoms with Crippen LogP contribution in [0.1, 0.15) is 13.3 Å². The highest BCUT2D eigenvalue weighted by atomic mass is 32.2. The normalized spacial score (nSPS) is 9.25. The van der Waals surface area contributed by atoms with Crippen molar-refractivity contribution < 1.29 is 4.79 Å². The third-order valence-electron chi connectivity index (χ3n) is 0.621. The van der Waals surface area contributed by atoms with Crippen LogP contribution in [0.2, 0.25) is 0 Å². The van der Waals surface area contributed by atoms with Crippen molar-refractivity contribution >= 4 is 29.5 Å². The van der Waals surface area contributed by atoms with Gasteiger partial charge in [-0.15, -0.1) is 0 Å². The molecule has 0 amide bonds. The highest BCUT2D eigenvalue weighted by molar-refractivity contribution is 8.13. The summed E-state index contributed by atoms with van der Waals surface area (Å²) < 4.78 is 0. The summed E-state index contributed by atoms with van der Waals surface area (Å²) in [5.41, 5.74) is 0. The van der Waals surface area contributed by atoms with E-state index < -0.39 is 0 Å². The summed E-state index contributed by atoms with van der Waals surface area (Å²) >= 11 is 5.29. The van der Waals surface area contributed by atoms with Crippen molar-refractivity contribution in [1.82, 2.24) is 0 Å². The molecule has 0 saturated heterocycles. The summed E-state index contributed by atoms with van der Waals surface area (Å²) in [6.07, 6.45) is 0.599. The van der Waals surface area contributed by atoms with Crippen LogP contribution in [0.25, 0.3) is 0 Å². The quantitative estimate of drug-likeness (QED) is 0.615. The predicted octanol–water partition coefficient (Wildman–Crippen LogP) is 1.59. The molecule has 0 N–H and O–H groups in total. The first kappa shape index (κ1) is 8.37. The molecule has 0 atom stereocenters. The molecule has 0 bridgehead atoms. The van der Waals surface area contributed by atoms with Gasteiger partial charge in [0, 0.05) is 6.42 Å². The first-order valence-electron chi connectivity index (χ1n) is 2.57. The number of thiol groups is 1. The van der Waals surface area contributed by atoms with Gasteiger partial charge in [0.2, 0.25) is 0 Å². The molecule has 0 aliphatic heterocycles. The molecule has 0 aromatic carbocycles. The van der Waals surface area contributed by atoms with E-state index in [2.05, 4.69) is 12.6 Å². The second kappa shape index (κ2) is 5.51. The SMILES string of the molecule is CCSC(=O)CCS. The van der Waals surface area contributed by atoms with E-state index in [1.165, 1.54) is 11.8 Å². The molecule has 48 valence electrons. The molecule has 0 heterocycles. The molecule has 0 aromatic heterocycles. The van der Waals surface area contributed by atoms with Gasteiger partial charge in [0.05, 0.1) is 0 Å². The minimum atomic E-state index is 0.252.